The molecule has 0 saturated carbocycles. The van der Waals surface area contributed by atoms with Crippen molar-refractivity contribution in [2.45, 2.75) is 18.4 Å². The van der Waals surface area contributed by atoms with Crippen LogP contribution in [0.5, 0.6) is 0 Å². The van der Waals surface area contributed by atoms with Gasteiger partial charge in [-0.15, -0.1) is 0 Å². The van der Waals surface area contributed by atoms with Gasteiger partial charge in [-0.05, 0) is 36.8 Å². The van der Waals surface area contributed by atoms with Crippen molar-refractivity contribution in [2.24, 2.45) is 0 Å². The Labute approximate surface area is 128 Å². The zero-order valence-electron chi connectivity index (χ0n) is 11.9. The quantitative estimate of drug-likeness (QED) is 0.754. The fourth-order valence-corrected chi connectivity index (χ4v) is 2.37. The molecule has 0 saturated heterocycles. The largest absolute Gasteiger partial charge is 0.334 e. The third kappa shape index (κ3) is 4.57. The fraction of sp³-hybridized carbons (Fsp3) is 0.133. The molecule has 0 radical (unpaired) electrons. The van der Waals surface area contributed by atoms with E-state index in [1.54, 1.807) is 0 Å². The molecule has 0 aliphatic rings. The summed E-state index contributed by atoms with van der Waals surface area (Å²) in [5, 5.41) is 5.28. The normalized spacial score (nSPS) is 11.0. The number of anilines is 1. The molecule has 0 unspecified atom stereocenters. The number of carbonyl (C=O) groups excluding carboxylic acids is 1. The first-order valence-electron chi connectivity index (χ1n) is 6.52. The first-order chi connectivity index (χ1) is 10.3. The number of hydrogen-bond acceptors (Lipinski definition) is 3. The summed E-state index contributed by atoms with van der Waals surface area (Å²) in [5.74, 6) is 0. The molecule has 0 aromatic heterocycles. The van der Waals surface area contributed by atoms with E-state index in [9.17, 15) is 13.2 Å². The van der Waals surface area contributed by atoms with Gasteiger partial charge in [0, 0.05) is 12.2 Å². The van der Waals surface area contributed by atoms with Crippen LogP contribution in [-0.2, 0) is 16.7 Å². The summed E-state index contributed by atoms with van der Waals surface area (Å²) in [7, 11) is -4.23. The van der Waals surface area contributed by atoms with Gasteiger partial charge in [-0.3, -0.25) is 4.55 Å². The third-order valence-electron chi connectivity index (χ3n) is 2.95. The molecule has 2 rings (SSSR count). The molecule has 2 amide bonds. The SMILES string of the molecule is Cc1cccc(CNC(=O)Nc2ccc(S(=O)(=O)O)cc2)c1. The highest BCUT2D eigenvalue weighted by Gasteiger charge is 2.09. The molecule has 0 aliphatic heterocycles. The second kappa shape index (κ2) is 6.59. The Balaban J connectivity index is 1.92. The predicted octanol–water partition coefficient (Wildman–Crippen LogP) is 2.56. The van der Waals surface area contributed by atoms with Gasteiger partial charge in [0.05, 0.1) is 4.90 Å². The molecule has 2 aromatic carbocycles. The van der Waals surface area contributed by atoms with E-state index in [2.05, 4.69) is 10.6 Å². The van der Waals surface area contributed by atoms with Crippen LogP contribution in [0.15, 0.2) is 53.4 Å². The van der Waals surface area contributed by atoms with Gasteiger partial charge in [-0.2, -0.15) is 8.42 Å². The van der Waals surface area contributed by atoms with E-state index in [4.69, 9.17) is 4.55 Å². The van der Waals surface area contributed by atoms with E-state index in [-0.39, 0.29) is 4.90 Å². The van der Waals surface area contributed by atoms with Gasteiger partial charge in [-0.25, -0.2) is 4.79 Å². The number of rotatable bonds is 4. The van der Waals surface area contributed by atoms with Crippen LogP contribution in [0.4, 0.5) is 10.5 Å². The Bertz CT molecular complexity index is 770. The molecular formula is C15H16N2O4S. The lowest BCUT2D eigenvalue weighted by Crippen LogP contribution is -2.28. The summed E-state index contributed by atoms with van der Waals surface area (Å²) in [6.45, 7) is 2.36. The molecular weight excluding hydrogens is 304 g/mol. The zero-order chi connectivity index (χ0) is 16.2. The van der Waals surface area contributed by atoms with Gasteiger partial charge >= 0.3 is 6.03 Å². The van der Waals surface area contributed by atoms with Crippen LogP contribution in [0.25, 0.3) is 0 Å². The molecule has 2 aromatic rings. The van der Waals surface area contributed by atoms with Crippen LogP contribution in [0.1, 0.15) is 11.1 Å². The Morgan fingerprint density at radius 1 is 1.14 bits per heavy atom. The monoisotopic (exact) mass is 320 g/mol. The van der Waals surface area contributed by atoms with Crippen molar-refractivity contribution in [2.75, 3.05) is 5.32 Å². The molecule has 0 aliphatic carbocycles. The van der Waals surface area contributed by atoms with E-state index in [1.807, 2.05) is 31.2 Å². The smallest absolute Gasteiger partial charge is 0.319 e. The van der Waals surface area contributed by atoms with Crippen molar-refractivity contribution in [3.63, 3.8) is 0 Å². The number of aryl methyl sites for hydroxylation is 1. The molecule has 3 N–H and O–H groups in total. The summed E-state index contributed by atoms with van der Waals surface area (Å²) >= 11 is 0. The summed E-state index contributed by atoms with van der Waals surface area (Å²) < 4.78 is 30.7. The van der Waals surface area contributed by atoms with E-state index in [1.165, 1.54) is 24.3 Å². The standard InChI is InChI=1S/C15H16N2O4S/c1-11-3-2-4-12(9-11)10-16-15(18)17-13-5-7-14(8-6-13)22(19,20)21/h2-9H,10H2,1H3,(H2,16,17,18)(H,19,20,21). The van der Waals surface area contributed by atoms with Gasteiger partial charge in [0.25, 0.3) is 10.1 Å². The van der Waals surface area contributed by atoms with Gasteiger partial charge < -0.3 is 10.6 Å². The van der Waals surface area contributed by atoms with Gasteiger partial charge in [-0.1, -0.05) is 29.8 Å². The highest BCUT2D eigenvalue weighted by molar-refractivity contribution is 7.85. The van der Waals surface area contributed by atoms with Gasteiger partial charge in [0.15, 0.2) is 0 Å². The molecule has 0 bridgehead atoms. The minimum Gasteiger partial charge on any atom is -0.334 e. The first kappa shape index (κ1) is 16.0. The Morgan fingerprint density at radius 2 is 1.82 bits per heavy atom. The summed E-state index contributed by atoms with van der Waals surface area (Å²) in [6.07, 6.45) is 0. The number of amides is 2. The highest BCUT2D eigenvalue weighted by atomic mass is 32.2. The fourth-order valence-electron chi connectivity index (χ4n) is 1.89. The van der Waals surface area contributed by atoms with Crippen molar-refractivity contribution in [1.82, 2.24) is 5.32 Å². The average Bonchev–Trinajstić information content (AvgIpc) is 2.45. The summed E-state index contributed by atoms with van der Waals surface area (Å²) in [5.41, 5.74) is 2.52. The molecule has 0 fully saturated rings. The van der Waals surface area contributed by atoms with E-state index < -0.39 is 16.1 Å². The molecule has 6 nitrogen and oxygen atoms in total. The Kier molecular flexibility index (Phi) is 4.79. The molecule has 7 heteroatoms. The Morgan fingerprint density at radius 3 is 2.41 bits per heavy atom. The maximum absolute atomic E-state index is 11.8. The minimum atomic E-state index is -4.23. The van der Waals surface area contributed by atoms with E-state index in [0.717, 1.165) is 11.1 Å². The zero-order valence-corrected chi connectivity index (χ0v) is 12.7. The van der Waals surface area contributed by atoms with Crippen LogP contribution in [0, 0.1) is 6.92 Å². The van der Waals surface area contributed by atoms with E-state index in [0.29, 0.717) is 12.2 Å². The topological polar surface area (TPSA) is 95.5 Å². The third-order valence-corrected chi connectivity index (χ3v) is 3.81. The van der Waals surface area contributed by atoms with Crippen molar-refractivity contribution in [3.8, 4) is 0 Å². The lowest BCUT2D eigenvalue weighted by atomic mass is 10.1. The maximum atomic E-state index is 11.8. The number of carbonyl (C=O) groups is 1. The minimum absolute atomic E-state index is 0.224. The summed E-state index contributed by atoms with van der Waals surface area (Å²) in [4.78, 5) is 11.5. The molecule has 116 valence electrons. The van der Waals surface area contributed by atoms with Crippen LogP contribution < -0.4 is 10.6 Å². The molecule has 0 spiro atoms. The van der Waals surface area contributed by atoms with Crippen molar-refractivity contribution >= 4 is 21.8 Å². The molecule has 0 atom stereocenters. The lowest BCUT2D eigenvalue weighted by molar-refractivity contribution is 0.251. The lowest BCUT2D eigenvalue weighted by Gasteiger charge is -2.08. The number of hydrogen-bond donors (Lipinski definition) is 3. The van der Waals surface area contributed by atoms with Crippen LogP contribution in [-0.4, -0.2) is 19.0 Å². The number of benzene rings is 2. The number of nitrogens with one attached hydrogen (secondary N) is 2. The summed E-state index contributed by atoms with van der Waals surface area (Å²) in [6, 6.07) is 12.6. The number of urea groups is 1. The van der Waals surface area contributed by atoms with E-state index >= 15 is 0 Å². The highest BCUT2D eigenvalue weighted by Crippen LogP contribution is 2.13. The van der Waals surface area contributed by atoms with Gasteiger partial charge in [0.1, 0.15) is 0 Å². The van der Waals surface area contributed by atoms with Crippen LogP contribution in [0.2, 0.25) is 0 Å². The van der Waals surface area contributed by atoms with Crippen LogP contribution in [0.3, 0.4) is 0 Å². The predicted molar refractivity (Wildman–Crippen MR) is 83.3 cm³/mol. The Hall–Kier alpha value is -2.38. The first-order valence-corrected chi connectivity index (χ1v) is 7.96. The molecule has 0 heterocycles. The van der Waals surface area contributed by atoms with Crippen molar-refractivity contribution in [3.05, 3.63) is 59.7 Å². The second-order valence-corrected chi connectivity index (χ2v) is 6.22. The second-order valence-electron chi connectivity index (χ2n) is 4.80. The van der Waals surface area contributed by atoms with Crippen LogP contribution >= 0.6 is 0 Å². The van der Waals surface area contributed by atoms with Crippen molar-refractivity contribution in [1.29, 1.82) is 0 Å². The maximum Gasteiger partial charge on any atom is 0.319 e. The average molecular weight is 320 g/mol. The van der Waals surface area contributed by atoms with Gasteiger partial charge in [0.2, 0.25) is 0 Å². The molecule has 22 heavy (non-hydrogen) atoms. The van der Waals surface area contributed by atoms with Crippen molar-refractivity contribution < 1.29 is 17.8 Å².